The lowest BCUT2D eigenvalue weighted by atomic mass is 10.1. The number of carbonyl (C=O) groups is 1. The Balaban J connectivity index is 1.83. The standard InChI is InChI=1S/C18H15ClN2O2S2/c1-10-8-12(5-6-14(10)19)17-16(22)13(9-25-17)11(2)20-21-18(23)15-4-3-7-24-15/h3-9,22H,1-2H3,(H,21,23)/b20-11+. The van der Waals surface area contributed by atoms with Gasteiger partial charge >= 0.3 is 0 Å². The van der Waals surface area contributed by atoms with Crippen molar-refractivity contribution in [1.82, 2.24) is 5.43 Å². The molecule has 0 radical (unpaired) electrons. The van der Waals surface area contributed by atoms with Crippen LogP contribution in [-0.4, -0.2) is 16.7 Å². The summed E-state index contributed by atoms with van der Waals surface area (Å²) < 4.78 is 0. The van der Waals surface area contributed by atoms with Gasteiger partial charge in [0.15, 0.2) is 0 Å². The average molecular weight is 391 g/mol. The molecule has 3 rings (SSSR count). The lowest BCUT2D eigenvalue weighted by molar-refractivity contribution is 0.0959. The Hall–Kier alpha value is -2.15. The van der Waals surface area contributed by atoms with Crippen LogP contribution in [0.3, 0.4) is 0 Å². The minimum absolute atomic E-state index is 0.151. The van der Waals surface area contributed by atoms with Crippen LogP contribution in [0.25, 0.3) is 10.4 Å². The van der Waals surface area contributed by atoms with Gasteiger partial charge in [0, 0.05) is 10.4 Å². The van der Waals surface area contributed by atoms with Crippen LogP contribution < -0.4 is 5.43 Å². The zero-order valence-corrected chi connectivity index (χ0v) is 15.9. The second-order valence-corrected chi connectivity index (χ2v) is 7.64. The van der Waals surface area contributed by atoms with E-state index in [0.29, 0.717) is 21.2 Å². The summed E-state index contributed by atoms with van der Waals surface area (Å²) >= 11 is 8.82. The van der Waals surface area contributed by atoms with Gasteiger partial charge in [-0.3, -0.25) is 4.79 Å². The maximum atomic E-state index is 11.9. The molecule has 1 amide bonds. The fraction of sp³-hybridized carbons (Fsp3) is 0.111. The first-order chi connectivity index (χ1) is 12.0. The number of aryl methyl sites for hydroxylation is 1. The molecule has 25 heavy (non-hydrogen) atoms. The summed E-state index contributed by atoms with van der Waals surface area (Å²) in [5.41, 5.74) is 5.49. The molecule has 2 aromatic heterocycles. The van der Waals surface area contributed by atoms with Crippen molar-refractivity contribution in [2.75, 3.05) is 0 Å². The van der Waals surface area contributed by atoms with E-state index in [2.05, 4.69) is 10.5 Å². The highest BCUT2D eigenvalue weighted by atomic mass is 35.5. The Morgan fingerprint density at radius 3 is 2.76 bits per heavy atom. The van der Waals surface area contributed by atoms with Crippen molar-refractivity contribution >= 4 is 45.9 Å². The van der Waals surface area contributed by atoms with E-state index in [-0.39, 0.29) is 11.7 Å². The van der Waals surface area contributed by atoms with E-state index in [1.54, 1.807) is 19.1 Å². The van der Waals surface area contributed by atoms with Crippen LogP contribution in [0.15, 0.2) is 46.2 Å². The summed E-state index contributed by atoms with van der Waals surface area (Å²) in [5.74, 6) is -0.115. The maximum absolute atomic E-state index is 11.9. The fourth-order valence-electron chi connectivity index (χ4n) is 2.26. The van der Waals surface area contributed by atoms with E-state index in [9.17, 15) is 9.90 Å². The predicted octanol–water partition coefficient (Wildman–Crippen LogP) is 5.30. The molecule has 0 atom stereocenters. The number of hydrogen-bond acceptors (Lipinski definition) is 5. The minimum Gasteiger partial charge on any atom is -0.506 e. The molecule has 128 valence electrons. The second-order valence-electron chi connectivity index (χ2n) is 5.41. The molecule has 0 unspecified atom stereocenters. The molecule has 0 fully saturated rings. The zero-order valence-electron chi connectivity index (χ0n) is 13.5. The smallest absolute Gasteiger partial charge is 0.281 e. The van der Waals surface area contributed by atoms with E-state index in [1.165, 1.54) is 22.7 Å². The van der Waals surface area contributed by atoms with Gasteiger partial charge in [0.05, 0.1) is 21.0 Å². The fourth-order valence-corrected chi connectivity index (χ4v) is 3.99. The molecule has 0 bridgehead atoms. The summed E-state index contributed by atoms with van der Waals surface area (Å²) in [6.45, 7) is 3.66. The van der Waals surface area contributed by atoms with Crippen molar-refractivity contribution in [3.63, 3.8) is 0 Å². The number of thiophene rings is 2. The Labute approximate surface area is 158 Å². The quantitative estimate of drug-likeness (QED) is 0.469. The van der Waals surface area contributed by atoms with Crippen LogP contribution in [0.1, 0.15) is 27.7 Å². The maximum Gasteiger partial charge on any atom is 0.281 e. The molecule has 0 aliphatic rings. The van der Waals surface area contributed by atoms with Crippen molar-refractivity contribution in [3.8, 4) is 16.2 Å². The summed E-state index contributed by atoms with van der Waals surface area (Å²) in [7, 11) is 0. The van der Waals surface area contributed by atoms with Gasteiger partial charge in [0.25, 0.3) is 5.91 Å². The Morgan fingerprint density at radius 1 is 1.28 bits per heavy atom. The summed E-state index contributed by atoms with van der Waals surface area (Å²) in [5, 5.41) is 19.0. The lowest BCUT2D eigenvalue weighted by Crippen LogP contribution is -2.18. The van der Waals surface area contributed by atoms with Gasteiger partial charge in [-0.15, -0.1) is 22.7 Å². The van der Waals surface area contributed by atoms with Gasteiger partial charge in [-0.2, -0.15) is 5.10 Å². The van der Waals surface area contributed by atoms with Crippen LogP contribution in [0.2, 0.25) is 5.02 Å². The highest BCUT2D eigenvalue weighted by Crippen LogP contribution is 2.39. The van der Waals surface area contributed by atoms with Crippen molar-refractivity contribution in [2.24, 2.45) is 5.10 Å². The molecule has 2 heterocycles. The number of carbonyl (C=O) groups excluding carboxylic acids is 1. The van der Waals surface area contributed by atoms with Gasteiger partial charge in [-0.05, 0) is 48.6 Å². The highest BCUT2D eigenvalue weighted by molar-refractivity contribution is 7.14. The van der Waals surface area contributed by atoms with Crippen molar-refractivity contribution in [1.29, 1.82) is 0 Å². The topological polar surface area (TPSA) is 61.7 Å². The molecule has 0 saturated carbocycles. The summed E-state index contributed by atoms with van der Waals surface area (Å²) in [4.78, 5) is 13.3. The SMILES string of the molecule is C/C(=N\NC(=O)c1cccs1)c1csc(-c2ccc(Cl)c(C)c2)c1O. The molecule has 3 aromatic rings. The lowest BCUT2D eigenvalue weighted by Gasteiger charge is -2.04. The normalized spacial score (nSPS) is 11.6. The van der Waals surface area contributed by atoms with E-state index >= 15 is 0 Å². The number of aromatic hydroxyl groups is 1. The average Bonchev–Trinajstić information content (AvgIpc) is 3.25. The number of amides is 1. The van der Waals surface area contributed by atoms with E-state index < -0.39 is 0 Å². The Kier molecular flexibility index (Phi) is 5.22. The third kappa shape index (κ3) is 3.76. The third-order valence-corrected chi connectivity index (χ3v) is 5.96. The minimum atomic E-state index is -0.266. The van der Waals surface area contributed by atoms with Crippen molar-refractivity contribution in [2.45, 2.75) is 13.8 Å². The van der Waals surface area contributed by atoms with E-state index in [0.717, 1.165) is 16.0 Å². The first kappa shape index (κ1) is 17.7. The van der Waals surface area contributed by atoms with Gasteiger partial charge < -0.3 is 5.11 Å². The molecule has 0 aliphatic heterocycles. The van der Waals surface area contributed by atoms with Crippen LogP contribution in [0, 0.1) is 6.92 Å². The summed E-state index contributed by atoms with van der Waals surface area (Å²) in [6.07, 6.45) is 0. The number of nitrogens with zero attached hydrogens (tertiary/aromatic N) is 1. The van der Waals surface area contributed by atoms with Crippen molar-refractivity contribution in [3.05, 3.63) is 62.1 Å². The van der Waals surface area contributed by atoms with Gasteiger partial charge in [0.1, 0.15) is 5.75 Å². The molecule has 2 N–H and O–H groups in total. The van der Waals surface area contributed by atoms with Crippen molar-refractivity contribution < 1.29 is 9.90 Å². The molecule has 0 aliphatic carbocycles. The summed E-state index contributed by atoms with van der Waals surface area (Å²) in [6, 6.07) is 9.15. The number of hydrazone groups is 1. The van der Waals surface area contributed by atoms with Gasteiger partial charge in [-0.25, -0.2) is 5.43 Å². The Morgan fingerprint density at radius 2 is 2.08 bits per heavy atom. The number of nitrogens with one attached hydrogen (secondary N) is 1. The van der Waals surface area contributed by atoms with Crippen LogP contribution in [0.5, 0.6) is 5.75 Å². The highest BCUT2D eigenvalue weighted by Gasteiger charge is 2.15. The van der Waals surface area contributed by atoms with Gasteiger partial charge in [0.2, 0.25) is 0 Å². The molecule has 4 nitrogen and oxygen atoms in total. The Bertz CT molecular complexity index is 946. The van der Waals surface area contributed by atoms with Crippen LogP contribution >= 0.6 is 34.3 Å². The van der Waals surface area contributed by atoms with E-state index in [4.69, 9.17) is 11.6 Å². The van der Waals surface area contributed by atoms with Crippen LogP contribution in [-0.2, 0) is 0 Å². The third-order valence-electron chi connectivity index (χ3n) is 3.64. The molecular formula is C18H15ClN2O2S2. The number of hydrogen-bond donors (Lipinski definition) is 2. The largest absolute Gasteiger partial charge is 0.506 e. The van der Waals surface area contributed by atoms with E-state index in [1.807, 2.05) is 35.9 Å². The second kappa shape index (κ2) is 7.39. The molecule has 7 heteroatoms. The monoisotopic (exact) mass is 390 g/mol. The number of halogens is 1. The molecule has 1 aromatic carbocycles. The first-order valence-corrected chi connectivity index (χ1v) is 9.56. The predicted molar refractivity (Wildman–Crippen MR) is 105 cm³/mol. The zero-order chi connectivity index (χ0) is 18.0. The first-order valence-electron chi connectivity index (χ1n) is 7.43. The molecule has 0 spiro atoms. The van der Waals surface area contributed by atoms with Crippen LogP contribution in [0.4, 0.5) is 0 Å². The number of rotatable bonds is 4. The molecule has 0 saturated heterocycles. The molecular weight excluding hydrogens is 376 g/mol. The number of benzene rings is 1. The van der Waals surface area contributed by atoms with Gasteiger partial charge in [-0.1, -0.05) is 23.7 Å².